The van der Waals surface area contributed by atoms with E-state index in [9.17, 15) is 4.79 Å². The van der Waals surface area contributed by atoms with Crippen molar-refractivity contribution in [3.8, 4) is 0 Å². The van der Waals surface area contributed by atoms with Gasteiger partial charge in [0.25, 0.3) is 0 Å². The van der Waals surface area contributed by atoms with Gasteiger partial charge in [-0.05, 0) is 19.3 Å². The highest BCUT2D eigenvalue weighted by Gasteiger charge is 2.30. The lowest BCUT2D eigenvalue weighted by Crippen LogP contribution is -2.37. The van der Waals surface area contributed by atoms with Crippen LogP contribution < -0.4 is 0 Å². The summed E-state index contributed by atoms with van der Waals surface area (Å²) in [5.41, 5.74) is 0. The zero-order valence-electron chi connectivity index (χ0n) is 6.42. The van der Waals surface area contributed by atoms with E-state index >= 15 is 0 Å². The number of hydrogen-bond donors (Lipinski definition) is 0. The van der Waals surface area contributed by atoms with Crippen molar-refractivity contribution in [1.82, 2.24) is 4.90 Å². The van der Waals surface area contributed by atoms with Crippen LogP contribution in [0.2, 0.25) is 0 Å². The van der Waals surface area contributed by atoms with E-state index in [1.165, 1.54) is 0 Å². The molecule has 0 aliphatic carbocycles. The highest BCUT2D eigenvalue weighted by atomic mass is 32.2. The summed E-state index contributed by atoms with van der Waals surface area (Å²) in [6, 6.07) is 0. The van der Waals surface area contributed by atoms with Crippen LogP contribution in [-0.4, -0.2) is 15.7 Å². The van der Waals surface area contributed by atoms with Gasteiger partial charge in [0.1, 0.15) is 0 Å². The Kier molecular flexibility index (Phi) is 1.77. The number of hydrogen-bond acceptors (Lipinski definition) is 2. The Bertz CT molecular complexity index is 186. The van der Waals surface area contributed by atoms with Gasteiger partial charge in [-0.2, -0.15) is 0 Å². The Labute approximate surface area is 65.3 Å². The molecular weight excluding hydrogens is 146 g/mol. The average molecular weight is 157 g/mol. The van der Waals surface area contributed by atoms with Crippen LogP contribution in [0.4, 0.5) is 0 Å². The molecule has 0 aromatic heterocycles. The molecule has 1 heterocycles. The molecular formula is C7H11NOS. The Morgan fingerprint density at radius 3 is 2.40 bits per heavy atom. The van der Waals surface area contributed by atoms with E-state index in [4.69, 9.17) is 0 Å². The van der Waals surface area contributed by atoms with Gasteiger partial charge in [-0.3, -0.25) is 4.79 Å². The van der Waals surface area contributed by atoms with Gasteiger partial charge < -0.3 is 4.90 Å². The maximum Gasteiger partial charge on any atom is 0.224 e. The second-order valence-electron chi connectivity index (χ2n) is 2.74. The first kappa shape index (κ1) is 7.66. The van der Waals surface area contributed by atoms with Gasteiger partial charge in [0.2, 0.25) is 5.91 Å². The van der Waals surface area contributed by atoms with E-state index in [1.807, 2.05) is 25.5 Å². The van der Waals surface area contributed by atoms with E-state index in [2.05, 4.69) is 0 Å². The van der Waals surface area contributed by atoms with Crippen LogP contribution in [0.5, 0.6) is 0 Å². The molecule has 0 radical (unpaired) electrons. The number of nitrogens with zero attached hydrogens (tertiary/aromatic N) is 1. The largest absolute Gasteiger partial charge is 0.304 e. The summed E-state index contributed by atoms with van der Waals surface area (Å²) in [7, 11) is 0. The Balaban J connectivity index is 2.77. The number of carbonyl (C=O) groups excluding carboxylic acids is 1. The molecule has 0 N–H and O–H groups in total. The van der Waals surface area contributed by atoms with Gasteiger partial charge in [0.05, 0.1) is 4.87 Å². The maximum atomic E-state index is 10.9. The normalized spacial score (nSPS) is 21.7. The van der Waals surface area contributed by atoms with Crippen molar-refractivity contribution in [3.63, 3.8) is 0 Å². The lowest BCUT2D eigenvalue weighted by atomic mass is 10.3. The highest BCUT2D eigenvalue weighted by Crippen LogP contribution is 2.35. The molecule has 0 unspecified atom stereocenters. The van der Waals surface area contributed by atoms with Crippen LogP contribution in [0, 0.1) is 0 Å². The molecule has 1 aliphatic heterocycles. The molecule has 0 spiro atoms. The second kappa shape index (κ2) is 2.31. The number of thioether (sulfide) groups is 1. The van der Waals surface area contributed by atoms with Crippen molar-refractivity contribution >= 4 is 17.7 Å². The smallest absolute Gasteiger partial charge is 0.224 e. The van der Waals surface area contributed by atoms with Gasteiger partial charge in [-0.25, -0.2) is 0 Å². The van der Waals surface area contributed by atoms with E-state index < -0.39 is 0 Å². The molecule has 56 valence electrons. The van der Waals surface area contributed by atoms with Gasteiger partial charge in [-0.1, -0.05) is 0 Å². The minimum atomic E-state index is -0.0775. The predicted molar refractivity (Wildman–Crippen MR) is 43.3 cm³/mol. The first-order valence-electron chi connectivity index (χ1n) is 3.18. The lowest BCUT2D eigenvalue weighted by Gasteiger charge is -2.28. The van der Waals surface area contributed by atoms with Crippen LogP contribution in [-0.2, 0) is 4.79 Å². The summed E-state index contributed by atoms with van der Waals surface area (Å²) in [5, 5.41) is 1.95. The average Bonchev–Trinajstić information content (AvgIpc) is 2.08. The summed E-state index contributed by atoms with van der Waals surface area (Å²) in [5.74, 6) is 0.103. The summed E-state index contributed by atoms with van der Waals surface area (Å²) in [4.78, 5) is 12.6. The minimum Gasteiger partial charge on any atom is -0.304 e. The summed E-state index contributed by atoms with van der Waals surface area (Å²) in [6.45, 7) is 5.64. The molecule has 0 atom stereocenters. The molecule has 0 bridgehead atoms. The first-order chi connectivity index (χ1) is 4.54. The fraction of sp³-hybridized carbons (Fsp3) is 0.571. The molecule has 0 fully saturated rings. The quantitative estimate of drug-likeness (QED) is 0.534. The predicted octanol–water partition coefficient (Wildman–Crippen LogP) is 1.79. The van der Waals surface area contributed by atoms with Crippen LogP contribution in [0.3, 0.4) is 0 Å². The van der Waals surface area contributed by atoms with Crippen molar-refractivity contribution in [2.24, 2.45) is 0 Å². The molecule has 2 nitrogen and oxygen atoms in total. The monoisotopic (exact) mass is 157 g/mol. The second-order valence-corrected chi connectivity index (χ2v) is 4.25. The molecule has 3 heteroatoms. The third kappa shape index (κ3) is 1.19. The molecule has 0 aromatic rings. The van der Waals surface area contributed by atoms with Crippen LogP contribution in [0.1, 0.15) is 20.8 Å². The molecule has 0 saturated heterocycles. The zero-order valence-corrected chi connectivity index (χ0v) is 7.23. The van der Waals surface area contributed by atoms with E-state index in [1.54, 1.807) is 23.6 Å². The Morgan fingerprint density at radius 2 is 2.20 bits per heavy atom. The third-order valence-corrected chi connectivity index (χ3v) is 2.52. The third-order valence-electron chi connectivity index (χ3n) is 1.49. The van der Waals surface area contributed by atoms with Crippen LogP contribution in [0.25, 0.3) is 0 Å². The molecule has 1 aliphatic rings. The first-order valence-corrected chi connectivity index (χ1v) is 4.06. The van der Waals surface area contributed by atoms with E-state index in [-0.39, 0.29) is 10.8 Å². The van der Waals surface area contributed by atoms with Crippen molar-refractivity contribution in [2.75, 3.05) is 0 Å². The Morgan fingerprint density at radius 1 is 1.60 bits per heavy atom. The van der Waals surface area contributed by atoms with Crippen molar-refractivity contribution in [2.45, 2.75) is 25.6 Å². The Hall–Kier alpha value is -0.440. The molecule has 10 heavy (non-hydrogen) atoms. The van der Waals surface area contributed by atoms with E-state index in [0.29, 0.717) is 0 Å². The number of carbonyl (C=O) groups is 1. The number of amides is 1. The fourth-order valence-corrected chi connectivity index (χ4v) is 1.80. The van der Waals surface area contributed by atoms with Crippen LogP contribution >= 0.6 is 11.8 Å². The molecule has 0 aromatic carbocycles. The van der Waals surface area contributed by atoms with Crippen molar-refractivity contribution in [3.05, 3.63) is 11.6 Å². The fourth-order valence-electron chi connectivity index (χ4n) is 0.978. The minimum absolute atomic E-state index is 0.0775. The maximum absolute atomic E-state index is 10.9. The van der Waals surface area contributed by atoms with Gasteiger partial charge in [0.15, 0.2) is 0 Å². The topological polar surface area (TPSA) is 20.3 Å². The molecule has 0 saturated carbocycles. The van der Waals surface area contributed by atoms with Gasteiger partial charge >= 0.3 is 0 Å². The summed E-state index contributed by atoms with van der Waals surface area (Å²) in [6.07, 6.45) is 1.83. The molecule has 1 amide bonds. The highest BCUT2D eigenvalue weighted by molar-refractivity contribution is 8.03. The number of rotatable bonds is 0. The standard InChI is InChI=1S/C7H11NOS/c1-6(9)8-4-5-10-7(8,2)3/h4-5H,1-3H3. The van der Waals surface area contributed by atoms with Crippen molar-refractivity contribution < 1.29 is 4.79 Å². The van der Waals surface area contributed by atoms with Gasteiger partial charge in [-0.15, -0.1) is 11.8 Å². The molecule has 1 rings (SSSR count). The van der Waals surface area contributed by atoms with E-state index in [0.717, 1.165) is 0 Å². The van der Waals surface area contributed by atoms with Crippen LogP contribution in [0.15, 0.2) is 11.6 Å². The van der Waals surface area contributed by atoms with Gasteiger partial charge in [0, 0.05) is 13.1 Å². The summed E-state index contributed by atoms with van der Waals surface area (Å²) < 4.78 is 0. The summed E-state index contributed by atoms with van der Waals surface area (Å²) >= 11 is 1.66. The lowest BCUT2D eigenvalue weighted by molar-refractivity contribution is -0.128. The zero-order chi connectivity index (χ0) is 7.78. The van der Waals surface area contributed by atoms with Crippen molar-refractivity contribution in [1.29, 1.82) is 0 Å². The SMILES string of the molecule is CC(=O)N1C=CSC1(C)C.